The van der Waals surface area contributed by atoms with Gasteiger partial charge in [0.1, 0.15) is 5.82 Å². The van der Waals surface area contributed by atoms with Crippen molar-refractivity contribution in [3.05, 3.63) is 101 Å². The summed E-state index contributed by atoms with van der Waals surface area (Å²) in [5, 5.41) is 0.497. The average molecular weight is 418 g/mol. The first-order valence-electron chi connectivity index (χ1n) is 8.86. The monoisotopic (exact) mass is 417 g/mol. The normalized spacial score (nSPS) is 12.9. The largest absolute Gasteiger partial charge is 0.294 e. The van der Waals surface area contributed by atoms with Crippen LogP contribution in [0.5, 0.6) is 0 Å². The Morgan fingerprint density at radius 3 is 2.07 bits per heavy atom. The van der Waals surface area contributed by atoms with Crippen molar-refractivity contribution < 1.29 is 12.8 Å². The summed E-state index contributed by atoms with van der Waals surface area (Å²) < 4.78 is 38.7. The van der Waals surface area contributed by atoms with Crippen LogP contribution in [0.1, 0.15) is 17.2 Å². The van der Waals surface area contributed by atoms with E-state index in [0.717, 1.165) is 11.1 Å². The van der Waals surface area contributed by atoms with Crippen molar-refractivity contribution in [3.8, 4) is 0 Å². The van der Waals surface area contributed by atoms with E-state index in [1.54, 1.807) is 24.3 Å². The summed E-state index contributed by atoms with van der Waals surface area (Å²) >= 11 is 5.85. The molecule has 6 heteroatoms. The molecule has 0 bridgehead atoms. The quantitative estimate of drug-likeness (QED) is 0.544. The smallest absolute Gasteiger partial charge is 0.179 e. The number of hydrogen-bond donors (Lipinski definition) is 0. The third-order valence-corrected chi connectivity index (χ3v) is 6.59. The molecule has 0 aliphatic rings. The summed E-state index contributed by atoms with van der Waals surface area (Å²) in [6.45, 7) is 0.321. The van der Waals surface area contributed by atoms with E-state index in [-0.39, 0.29) is 22.5 Å². The Kier molecular flexibility index (Phi) is 6.50. The SMILES string of the molecule is CN(CCS(=O)(=O)c1ccc(Cl)cc1)[C@@H](c1ccccc1)c1ccc(F)cc1. The van der Waals surface area contributed by atoms with Crippen molar-refractivity contribution in [1.82, 2.24) is 4.90 Å². The fraction of sp³-hybridized carbons (Fsp3) is 0.182. The zero-order chi connectivity index (χ0) is 20.1. The summed E-state index contributed by atoms with van der Waals surface area (Å²) in [7, 11) is -1.56. The first-order valence-corrected chi connectivity index (χ1v) is 10.9. The van der Waals surface area contributed by atoms with Crippen LogP contribution >= 0.6 is 11.6 Å². The Bertz CT molecular complexity index is 1010. The highest BCUT2D eigenvalue weighted by atomic mass is 35.5. The zero-order valence-electron chi connectivity index (χ0n) is 15.4. The second-order valence-corrected chi connectivity index (χ2v) is 9.16. The van der Waals surface area contributed by atoms with E-state index in [1.807, 2.05) is 42.3 Å². The molecule has 0 radical (unpaired) electrons. The van der Waals surface area contributed by atoms with E-state index in [2.05, 4.69) is 0 Å². The van der Waals surface area contributed by atoms with Gasteiger partial charge in [-0.2, -0.15) is 0 Å². The molecule has 0 spiro atoms. The first-order chi connectivity index (χ1) is 13.4. The maximum Gasteiger partial charge on any atom is 0.179 e. The van der Waals surface area contributed by atoms with Crippen molar-refractivity contribution in [2.75, 3.05) is 19.3 Å². The molecule has 0 saturated carbocycles. The predicted molar refractivity (Wildman–Crippen MR) is 111 cm³/mol. The van der Waals surface area contributed by atoms with Crippen LogP contribution in [0.15, 0.2) is 83.8 Å². The minimum Gasteiger partial charge on any atom is -0.294 e. The van der Waals surface area contributed by atoms with Crippen LogP contribution in [0.2, 0.25) is 5.02 Å². The molecular weight excluding hydrogens is 397 g/mol. The lowest BCUT2D eigenvalue weighted by atomic mass is 9.97. The van der Waals surface area contributed by atoms with Crippen LogP contribution in [0.4, 0.5) is 4.39 Å². The van der Waals surface area contributed by atoms with Crippen LogP contribution in [0.25, 0.3) is 0 Å². The molecule has 0 heterocycles. The van der Waals surface area contributed by atoms with Gasteiger partial charge in [-0.15, -0.1) is 0 Å². The Labute approximate surface area is 170 Å². The summed E-state index contributed by atoms with van der Waals surface area (Å²) in [5.74, 6) is -0.334. The summed E-state index contributed by atoms with van der Waals surface area (Å²) in [6, 6.07) is 22.1. The number of hydrogen-bond acceptors (Lipinski definition) is 3. The van der Waals surface area contributed by atoms with E-state index in [4.69, 9.17) is 11.6 Å². The Hall–Kier alpha value is -2.21. The summed E-state index contributed by atoms with van der Waals surface area (Å²) in [6.07, 6.45) is 0. The maximum atomic E-state index is 13.4. The molecule has 0 N–H and O–H groups in total. The Balaban J connectivity index is 1.82. The molecule has 3 nitrogen and oxygen atoms in total. The number of nitrogens with zero attached hydrogens (tertiary/aromatic N) is 1. The van der Waals surface area contributed by atoms with Crippen LogP contribution < -0.4 is 0 Å². The van der Waals surface area contributed by atoms with Crippen LogP contribution in [0.3, 0.4) is 0 Å². The highest BCUT2D eigenvalue weighted by molar-refractivity contribution is 7.91. The standard InChI is InChI=1S/C22H21ClFNO2S/c1-25(15-16-28(26,27)21-13-9-19(23)10-14-21)22(17-5-3-2-4-6-17)18-7-11-20(24)12-8-18/h2-14,22H,15-16H2,1H3/t22-/m0/s1. The molecule has 0 unspecified atom stereocenters. The molecule has 0 aromatic heterocycles. The molecule has 0 saturated heterocycles. The van der Waals surface area contributed by atoms with E-state index >= 15 is 0 Å². The molecule has 3 aromatic rings. The van der Waals surface area contributed by atoms with Crippen molar-refractivity contribution in [2.24, 2.45) is 0 Å². The fourth-order valence-corrected chi connectivity index (χ4v) is 4.58. The molecule has 3 rings (SSSR count). The van der Waals surface area contributed by atoms with Gasteiger partial charge in [0.2, 0.25) is 0 Å². The minimum atomic E-state index is -3.44. The van der Waals surface area contributed by atoms with Crippen molar-refractivity contribution in [1.29, 1.82) is 0 Å². The van der Waals surface area contributed by atoms with Crippen LogP contribution in [-0.4, -0.2) is 32.7 Å². The van der Waals surface area contributed by atoms with Gasteiger partial charge in [0, 0.05) is 11.6 Å². The third kappa shape index (κ3) is 4.98. The van der Waals surface area contributed by atoms with E-state index in [0.29, 0.717) is 11.6 Å². The van der Waals surface area contributed by atoms with Gasteiger partial charge < -0.3 is 0 Å². The van der Waals surface area contributed by atoms with Crippen molar-refractivity contribution in [3.63, 3.8) is 0 Å². The topological polar surface area (TPSA) is 37.4 Å². The maximum absolute atomic E-state index is 13.4. The van der Waals surface area contributed by atoms with Gasteiger partial charge in [-0.05, 0) is 54.6 Å². The number of benzene rings is 3. The second-order valence-electron chi connectivity index (χ2n) is 6.62. The highest BCUT2D eigenvalue weighted by Gasteiger charge is 2.22. The van der Waals surface area contributed by atoms with Gasteiger partial charge >= 0.3 is 0 Å². The molecule has 28 heavy (non-hydrogen) atoms. The highest BCUT2D eigenvalue weighted by Crippen LogP contribution is 2.28. The molecule has 0 aliphatic carbocycles. The van der Waals surface area contributed by atoms with E-state index < -0.39 is 9.84 Å². The summed E-state index contributed by atoms with van der Waals surface area (Å²) in [5.41, 5.74) is 1.92. The Morgan fingerprint density at radius 1 is 0.893 bits per heavy atom. The van der Waals surface area contributed by atoms with E-state index in [9.17, 15) is 12.8 Å². The third-order valence-electron chi connectivity index (χ3n) is 4.63. The molecule has 3 aromatic carbocycles. The number of rotatable bonds is 7. The lowest BCUT2D eigenvalue weighted by molar-refractivity contribution is 0.295. The lowest BCUT2D eigenvalue weighted by Gasteiger charge is -2.29. The predicted octanol–water partition coefficient (Wildman–Crippen LogP) is 4.97. The second kappa shape index (κ2) is 8.86. The molecule has 1 atom stereocenters. The molecule has 0 aliphatic heterocycles. The Morgan fingerprint density at radius 2 is 1.46 bits per heavy atom. The average Bonchev–Trinajstić information content (AvgIpc) is 2.69. The minimum absolute atomic E-state index is 0.0321. The van der Waals surface area contributed by atoms with Gasteiger partial charge in [0.05, 0.1) is 16.7 Å². The number of halogens is 2. The zero-order valence-corrected chi connectivity index (χ0v) is 17.0. The fourth-order valence-electron chi connectivity index (χ4n) is 3.13. The first kappa shape index (κ1) is 20.5. The van der Waals surface area contributed by atoms with Gasteiger partial charge in [0.25, 0.3) is 0 Å². The molecule has 0 fully saturated rings. The van der Waals surface area contributed by atoms with Gasteiger partial charge in [-0.1, -0.05) is 54.1 Å². The van der Waals surface area contributed by atoms with Crippen LogP contribution in [-0.2, 0) is 9.84 Å². The van der Waals surface area contributed by atoms with Crippen molar-refractivity contribution in [2.45, 2.75) is 10.9 Å². The van der Waals surface area contributed by atoms with Gasteiger partial charge in [0.15, 0.2) is 9.84 Å². The van der Waals surface area contributed by atoms with E-state index in [1.165, 1.54) is 24.3 Å². The van der Waals surface area contributed by atoms with Gasteiger partial charge in [-0.25, -0.2) is 12.8 Å². The van der Waals surface area contributed by atoms with Gasteiger partial charge in [-0.3, -0.25) is 4.90 Å². The summed E-state index contributed by atoms with van der Waals surface area (Å²) in [4.78, 5) is 2.22. The number of sulfone groups is 1. The van der Waals surface area contributed by atoms with Crippen LogP contribution in [0, 0.1) is 5.82 Å². The molecule has 0 amide bonds. The molecule has 146 valence electrons. The van der Waals surface area contributed by atoms with Crippen molar-refractivity contribution >= 4 is 21.4 Å². The lowest BCUT2D eigenvalue weighted by Crippen LogP contribution is -2.30. The molecular formula is C22H21ClFNO2S.